The van der Waals surface area contributed by atoms with Gasteiger partial charge in [-0.3, -0.25) is 9.59 Å². The van der Waals surface area contributed by atoms with Crippen molar-refractivity contribution < 1.29 is 4.79 Å². The van der Waals surface area contributed by atoms with E-state index in [0.717, 1.165) is 31.7 Å². The molecule has 4 rings (SSSR count). The lowest BCUT2D eigenvalue weighted by Crippen LogP contribution is -2.10. The predicted octanol–water partition coefficient (Wildman–Crippen LogP) is 7.77. The van der Waals surface area contributed by atoms with Gasteiger partial charge in [-0.1, -0.05) is 55.3 Å². The molecular weight excluding hydrogens is 584 g/mol. The second-order valence-corrected chi connectivity index (χ2v) is 10.0. The Morgan fingerprint density at radius 2 is 1.65 bits per heavy atom. The van der Waals surface area contributed by atoms with E-state index in [2.05, 4.69) is 62.7 Å². The first kappa shape index (κ1) is 24.0. The first-order valence-electron chi connectivity index (χ1n) is 10.0. The Morgan fingerprint density at radius 3 is 2.24 bits per heavy atom. The Labute approximate surface area is 215 Å². The van der Waals surface area contributed by atoms with Gasteiger partial charge in [-0.25, -0.2) is 4.98 Å². The van der Waals surface area contributed by atoms with Gasteiger partial charge in [-0.05, 0) is 49.4 Å². The van der Waals surface area contributed by atoms with Crippen molar-refractivity contribution in [2.24, 2.45) is 10.2 Å². The van der Waals surface area contributed by atoms with Gasteiger partial charge in [-0.15, -0.1) is 10.2 Å². The molecule has 0 saturated heterocycles. The van der Waals surface area contributed by atoms with Crippen LogP contribution in [0, 0.1) is 6.92 Å². The fourth-order valence-electron chi connectivity index (χ4n) is 3.07. The highest BCUT2D eigenvalue weighted by Gasteiger charge is 2.13. The molecular formula is C23H18Br2N6O2S. The summed E-state index contributed by atoms with van der Waals surface area (Å²) in [7, 11) is 0. The molecule has 0 spiro atoms. The van der Waals surface area contributed by atoms with Crippen molar-refractivity contribution in [3.8, 4) is 0 Å². The number of halogens is 2. The summed E-state index contributed by atoms with van der Waals surface area (Å²) in [5, 5.41) is 15.0. The van der Waals surface area contributed by atoms with Crippen LogP contribution in [0.3, 0.4) is 0 Å². The lowest BCUT2D eigenvalue weighted by Gasteiger charge is -2.14. The third-order valence-electron chi connectivity index (χ3n) is 4.57. The van der Waals surface area contributed by atoms with Gasteiger partial charge >= 0.3 is 0 Å². The molecule has 11 heteroatoms. The molecule has 2 heterocycles. The number of carbonyl (C=O) groups is 1. The summed E-state index contributed by atoms with van der Waals surface area (Å²) in [6.07, 6.45) is 0. The van der Waals surface area contributed by atoms with Crippen LogP contribution in [0.15, 0.2) is 78.6 Å². The first-order valence-corrected chi connectivity index (χ1v) is 12.4. The molecule has 34 heavy (non-hydrogen) atoms. The average Bonchev–Trinajstić information content (AvgIpc) is 3.15. The molecule has 8 nitrogen and oxygen atoms in total. The van der Waals surface area contributed by atoms with Crippen LogP contribution in [0.25, 0.3) is 0 Å². The number of benzene rings is 2. The molecule has 0 aliphatic rings. The van der Waals surface area contributed by atoms with Gasteiger partial charge in [0, 0.05) is 27.2 Å². The van der Waals surface area contributed by atoms with Crippen molar-refractivity contribution in [3.05, 3.63) is 84.5 Å². The highest BCUT2D eigenvalue weighted by atomic mass is 79.9. The number of nitrogens with one attached hydrogen (secondary N) is 3. The molecule has 172 valence electrons. The van der Waals surface area contributed by atoms with Crippen LogP contribution in [-0.2, 0) is 0 Å². The van der Waals surface area contributed by atoms with E-state index in [9.17, 15) is 9.59 Å². The molecule has 0 amide bonds. The minimum Gasteiger partial charge on any atom is -0.352 e. The van der Waals surface area contributed by atoms with Gasteiger partial charge < -0.3 is 15.6 Å². The molecule has 0 saturated carbocycles. The lowest BCUT2D eigenvalue weighted by atomic mass is 10.2. The van der Waals surface area contributed by atoms with Crippen molar-refractivity contribution in [2.75, 3.05) is 10.6 Å². The zero-order valence-corrected chi connectivity index (χ0v) is 22.0. The van der Waals surface area contributed by atoms with Crippen LogP contribution in [0.5, 0.6) is 0 Å². The van der Waals surface area contributed by atoms with E-state index in [0.29, 0.717) is 27.2 Å². The van der Waals surface area contributed by atoms with Gasteiger partial charge in [-0.2, -0.15) is 0 Å². The third kappa shape index (κ3) is 5.85. The fraction of sp³-hybridized carbons (Fsp3) is 0.0870. The summed E-state index contributed by atoms with van der Waals surface area (Å²) in [6, 6.07) is 16.8. The summed E-state index contributed by atoms with van der Waals surface area (Å²) in [5.41, 5.74) is 2.43. The molecule has 0 aliphatic heterocycles. The van der Waals surface area contributed by atoms with Gasteiger partial charge in [0.05, 0.1) is 16.3 Å². The smallest absolute Gasteiger partial charge is 0.277 e. The fourth-order valence-corrected chi connectivity index (χ4v) is 4.65. The van der Waals surface area contributed by atoms with Crippen LogP contribution < -0.4 is 16.2 Å². The number of anilines is 4. The SMILES string of the molecule is CC(=O)c1sc(N=Nc2cc(Nc3cccc(Br)c3)c(Nc3cccc(Br)c3)[nH]c2=O)nc1C. The van der Waals surface area contributed by atoms with Crippen molar-refractivity contribution in [1.29, 1.82) is 0 Å². The Kier molecular flexibility index (Phi) is 7.35. The monoisotopic (exact) mass is 600 g/mol. The first-order chi connectivity index (χ1) is 16.3. The van der Waals surface area contributed by atoms with Gasteiger partial charge in [0.25, 0.3) is 5.56 Å². The summed E-state index contributed by atoms with van der Waals surface area (Å²) in [5.74, 6) is 0.378. The van der Waals surface area contributed by atoms with Gasteiger partial charge in [0.1, 0.15) is 5.82 Å². The standard InChI is InChI=1S/C23H18Br2N6O2S/c1-12-20(13(2)32)34-23(26-12)31-30-19-11-18(27-16-7-3-5-14(24)9-16)21(29-22(19)33)28-17-8-4-6-15(25)10-17/h3-11,27H,1-2H3,(H2,28,29,33). The van der Waals surface area contributed by atoms with Crippen molar-refractivity contribution in [2.45, 2.75) is 13.8 Å². The predicted molar refractivity (Wildman–Crippen MR) is 143 cm³/mol. The summed E-state index contributed by atoms with van der Waals surface area (Å²) in [6.45, 7) is 3.21. The van der Waals surface area contributed by atoms with Crippen LogP contribution in [0.1, 0.15) is 22.3 Å². The number of azo groups is 1. The second-order valence-electron chi connectivity index (χ2n) is 7.21. The molecule has 2 aromatic carbocycles. The molecule has 4 aromatic rings. The van der Waals surface area contributed by atoms with E-state index in [1.165, 1.54) is 6.92 Å². The minimum atomic E-state index is -0.430. The zero-order valence-electron chi connectivity index (χ0n) is 18.0. The number of aromatic nitrogens is 2. The third-order valence-corrected chi connectivity index (χ3v) is 6.70. The zero-order chi connectivity index (χ0) is 24.2. The second kappa shape index (κ2) is 10.4. The van der Waals surface area contributed by atoms with E-state index in [-0.39, 0.29) is 11.5 Å². The van der Waals surface area contributed by atoms with E-state index < -0.39 is 5.56 Å². The lowest BCUT2D eigenvalue weighted by molar-refractivity contribution is 0.102. The average molecular weight is 602 g/mol. The number of H-pyrrole nitrogens is 1. The number of thiazole rings is 1. The number of hydrogen-bond donors (Lipinski definition) is 3. The molecule has 0 aliphatic carbocycles. The van der Waals surface area contributed by atoms with Crippen LogP contribution >= 0.6 is 43.2 Å². The van der Waals surface area contributed by atoms with Crippen molar-refractivity contribution in [1.82, 2.24) is 9.97 Å². The van der Waals surface area contributed by atoms with E-state index in [4.69, 9.17) is 0 Å². The van der Waals surface area contributed by atoms with E-state index >= 15 is 0 Å². The normalized spacial score (nSPS) is 11.1. The summed E-state index contributed by atoms with van der Waals surface area (Å²) >= 11 is 8.06. The van der Waals surface area contributed by atoms with Crippen LogP contribution in [0.4, 0.5) is 33.7 Å². The Hall–Kier alpha value is -3.15. The molecule has 0 radical (unpaired) electrons. The number of Topliss-reactive ketones (excluding diaryl/α,β-unsaturated/α-hetero) is 1. The number of hydrogen-bond acceptors (Lipinski definition) is 8. The van der Waals surface area contributed by atoms with Crippen LogP contribution in [0.2, 0.25) is 0 Å². The number of carbonyl (C=O) groups excluding carboxylic acids is 1. The van der Waals surface area contributed by atoms with Gasteiger partial charge in [0.2, 0.25) is 5.13 Å². The van der Waals surface area contributed by atoms with E-state index in [1.54, 1.807) is 13.0 Å². The topological polar surface area (TPSA) is 112 Å². The Balaban J connectivity index is 1.72. The van der Waals surface area contributed by atoms with Crippen molar-refractivity contribution in [3.63, 3.8) is 0 Å². The minimum absolute atomic E-state index is 0.0854. The number of rotatable bonds is 7. The number of nitrogens with zero attached hydrogens (tertiary/aromatic N) is 3. The highest BCUT2D eigenvalue weighted by Crippen LogP contribution is 2.31. The quantitative estimate of drug-likeness (QED) is 0.148. The highest BCUT2D eigenvalue weighted by molar-refractivity contribution is 9.10. The molecule has 0 atom stereocenters. The Bertz CT molecular complexity index is 1460. The number of aryl methyl sites for hydroxylation is 1. The molecule has 0 unspecified atom stereocenters. The maximum Gasteiger partial charge on any atom is 0.277 e. The number of pyridine rings is 1. The molecule has 0 bridgehead atoms. The number of ketones is 1. The number of aromatic amines is 1. The molecule has 2 aromatic heterocycles. The Morgan fingerprint density at radius 1 is 1.00 bits per heavy atom. The largest absolute Gasteiger partial charge is 0.352 e. The molecule has 0 fully saturated rings. The van der Waals surface area contributed by atoms with Crippen molar-refractivity contribution >= 4 is 82.7 Å². The molecule has 3 N–H and O–H groups in total. The van der Waals surface area contributed by atoms with E-state index in [1.807, 2.05) is 48.5 Å². The maximum atomic E-state index is 12.8. The summed E-state index contributed by atoms with van der Waals surface area (Å²) in [4.78, 5) is 32.1. The van der Waals surface area contributed by atoms with Crippen LogP contribution in [-0.4, -0.2) is 15.8 Å². The van der Waals surface area contributed by atoms with Gasteiger partial charge in [0.15, 0.2) is 11.5 Å². The maximum absolute atomic E-state index is 12.8. The summed E-state index contributed by atoms with van der Waals surface area (Å²) < 4.78 is 1.80.